The molecule has 0 aliphatic carbocycles. The van der Waals surface area contributed by atoms with Gasteiger partial charge in [0.15, 0.2) is 5.13 Å². The van der Waals surface area contributed by atoms with Crippen molar-refractivity contribution in [2.45, 2.75) is 6.42 Å². The number of rotatable bonds is 2. The van der Waals surface area contributed by atoms with Crippen LogP contribution in [0, 0.1) is 0 Å². The van der Waals surface area contributed by atoms with Crippen LogP contribution in [0.2, 0.25) is 0 Å². The van der Waals surface area contributed by atoms with Crippen LogP contribution >= 0.6 is 11.3 Å². The second-order valence-electron chi connectivity index (χ2n) is 4.92. The number of nitrogens with one attached hydrogen (secondary N) is 2. The molecule has 0 atom stereocenters. The number of hydrogen-bond donors (Lipinski definition) is 2. The maximum absolute atomic E-state index is 12.2. The van der Waals surface area contributed by atoms with Crippen molar-refractivity contribution in [1.29, 1.82) is 0 Å². The number of hydrogen-bond acceptors (Lipinski definition) is 4. The molecule has 0 saturated carbocycles. The maximum atomic E-state index is 12.2. The Kier molecular flexibility index (Phi) is 4.47. The van der Waals surface area contributed by atoms with Crippen LogP contribution in [0.5, 0.6) is 0 Å². The lowest BCUT2D eigenvalue weighted by atomic mass is 10.2. The molecule has 6 heteroatoms. The summed E-state index contributed by atoms with van der Waals surface area (Å²) in [4.78, 5) is 19.4. The molecule has 110 valence electrons. The van der Waals surface area contributed by atoms with E-state index in [9.17, 15) is 4.79 Å². The van der Waals surface area contributed by atoms with Crippen LogP contribution in [0.4, 0.5) is 9.93 Å². The van der Waals surface area contributed by atoms with Crippen molar-refractivity contribution in [2.24, 2.45) is 0 Å². The maximum Gasteiger partial charge on any atom is 0.323 e. The molecule has 3 rings (SSSR count). The molecule has 0 bridgehead atoms. The number of anilines is 1. The number of benzene rings is 1. The predicted octanol–water partition coefficient (Wildman–Crippen LogP) is 2.64. The minimum absolute atomic E-state index is 0.0624. The molecule has 1 saturated heterocycles. The second-order valence-corrected chi connectivity index (χ2v) is 5.95. The largest absolute Gasteiger partial charge is 0.323 e. The highest BCUT2D eigenvalue weighted by Gasteiger charge is 2.16. The molecule has 5 nitrogen and oxygen atoms in total. The Hall–Kier alpha value is -1.92. The van der Waals surface area contributed by atoms with E-state index in [1.807, 2.05) is 35.2 Å². The third kappa shape index (κ3) is 3.59. The Morgan fingerprint density at radius 3 is 2.95 bits per heavy atom. The highest BCUT2D eigenvalue weighted by atomic mass is 32.1. The lowest BCUT2D eigenvalue weighted by molar-refractivity contribution is 0.215. The first-order chi connectivity index (χ1) is 10.3. The summed E-state index contributed by atoms with van der Waals surface area (Å²) in [7, 11) is 0. The second kappa shape index (κ2) is 6.69. The van der Waals surface area contributed by atoms with Crippen molar-refractivity contribution in [3.05, 3.63) is 36.5 Å². The van der Waals surface area contributed by atoms with E-state index in [0.29, 0.717) is 5.13 Å². The minimum Gasteiger partial charge on any atom is -0.323 e. The highest BCUT2D eigenvalue weighted by Crippen LogP contribution is 2.28. The first-order valence-corrected chi connectivity index (χ1v) is 7.92. The Morgan fingerprint density at radius 1 is 1.24 bits per heavy atom. The topological polar surface area (TPSA) is 57.3 Å². The van der Waals surface area contributed by atoms with E-state index < -0.39 is 0 Å². The van der Waals surface area contributed by atoms with Gasteiger partial charge in [0, 0.05) is 25.8 Å². The smallest absolute Gasteiger partial charge is 0.323 e. The molecule has 1 fully saturated rings. The SMILES string of the molecule is O=C(Nc1ncc(-c2ccccc2)s1)N1CCCNCC1. The zero-order chi connectivity index (χ0) is 14.5. The van der Waals surface area contributed by atoms with Gasteiger partial charge >= 0.3 is 6.03 Å². The van der Waals surface area contributed by atoms with Crippen molar-refractivity contribution in [3.63, 3.8) is 0 Å². The fourth-order valence-electron chi connectivity index (χ4n) is 2.29. The molecule has 0 spiro atoms. The molecule has 1 aliphatic rings. The summed E-state index contributed by atoms with van der Waals surface area (Å²) in [5.41, 5.74) is 1.12. The van der Waals surface area contributed by atoms with Crippen LogP contribution in [-0.2, 0) is 0 Å². The Labute approximate surface area is 128 Å². The van der Waals surface area contributed by atoms with Gasteiger partial charge in [0.25, 0.3) is 0 Å². The van der Waals surface area contributed by atoms with E-state index in [2.05, 4.69) is 15.6 Å². The third-order valence-corrected chi connectivity index (χ3v) is 4.37. The van der Waals surface area contributed by atoms with Gasteiger partial charge < -0.3 is 10.2 Å². The molecule has 1 aliphatic heterocycles. The number of amides is 2. The first-order valence-electron chi connectivity index (χ1n) is 7.11. The zero-order valence-electron chi connectivity index (χ0n) is 11.7. The molecule has 21 heavy (non-hydrogen) atoms. The molecule has 1 aromatic heterocycles. The van der Waals surface area contributed by atoms with Crippen LogP contribution in [0.1, 0.15) is 6.42 Å². The van der Waals surface area contributed by atoms with Crippen molar-refractivity contribution in [1.82, 2.24) is 15.2 Å². The molecule has 0 unspecified atom stereocenters. The Bertz CT molecular complexity index is 591. The van der Waals surface area contributed by atoms with Gasteiger partial charge in [0.05, 0.1) is 4.88 Å². The summed E-state index contributed by atoms with van der Waals surface area (Å²) < 4.78 is 0. The van der Waals surface area contributed by atoms with Gasteiger partial charge in [0.2, 0.25) is 0 Å². The van der Waals surface area contributed by atoms with Crippen LogP contribution in [0.15, 0.2) is 36.5 Å². The van der Waals surface area contributed by atoms with E-state index in [4.69, 9.17) is 0 Å². The van der Waals surface area contributed by atoms with Crippen molar-refractivity contribution in [2.75, 3.05) is 31.5 Å². The standard InChI is InChI=1S/C15H18N4OS/c20-15(19-9-4-7-16-8-10-19)18-14-17-11-13(21-14)12-5-2-1-3-6-12/h1-3,5-6,11,16H,4,7-10H2,(H,17,18,20). The summed E-state index contributed by atoms with van der Waals surface area (Å²) in [6, 6.07) is 10.0. The molecular formula is C15H18N4OS. The third-order valence-electron chi connectivity index (χ3n) is 3.41. The first kappa shape index (κ1) is 14.0. The normalized spacial score (nSPS) is 15.5. The van der Waals surface area contributed by atoms with Crippen LogP contribution in [0.3, 0.4) is 0 Å². The van der Waals surface area contributed by atoms with Crippen LogP contribution in [0.25, 0.3) is 10.4 Å². The quantitative estimate of drug-likeness (QED) is 0.896. The molecule has 2 amide bonds. The van der Waals surface area contributed by atoms with E-state index in [-0.39, 0.29) is 6.03 Å². The summed E-state index contributed by atoms with van der Waals surface area (Å²) >= 11 is 1.50. The highest BCUT2D eigenvalue weighted by molar-refractivity contribution is 7.19. The Morgan fingerprint density at radius 2 is 2.10 bits per heavy atom. The predicted molar refractivity (Wildman–Crippen MR) is 85.6 cm³/mol. The number of carbonyl (C=O) groups is 1. The van der Waals surface area contributed by atoms with Gasteiger partial charge in [-0.2, -0.15) is 0 Å². The molecule has 2 N–H and O–H groups in total. The zero-order valence-corrected chi connectivity index (χ0v) is 12.5. The Balaban J connectivity index is 1.65. The molecular weight excluding hydrogens is 284 g/mol. The van der Waals surface area contributed by atoms with Gasteiger partial charge in [-0.1, -0.05) is 41.7 Å². The fraction of sp³-hybridized carbons (Fsp3) is 0.333. The van der Waals surface area contributed by atoms with Gasteiger partial charge in [-0.15, -0.1) is 0 Å². The van der Waals surface area contributed by atoms with E-state index >= 15 is 0 Å². The number of thiazole rings is 1. The van der Waals surface area contributed by atoms with Gasteiger partial charge in [0.1, 0.15) is 0 Å². The summed E-state index contributed by atoms with van der Waals surface area (Å²) in [6.07, 6.45) is 2.79. The molecule has 2 aromatic rings. The summed E-state index contributed by atoms with van der Waals surface area (Å²) in [6.45, 7) is 3.35. The average Bonchev–Trinajstić information content (AvgIpc) is 2.81. The number of urea groups is 1. The fourth-order valence-corrected chi connectivity index (χ4v) is 3.10. The lowest BCUT2D eigenvalue weighted by Crippen LogP contribution is -2.37. The lowest BCUT2D eigenvalue weighted by Gasteiger charge is -2.19. The van der Waals surface area contributed by atoms with Crippen molar-refractivity contribution >= 4 is 22.5 Å². The van der Waals surface area contributed by atoms with E-state index in [1.165, 1.54) is 11.3 Å². The van der Waals surface area contributed by atoms with E-state index in [0.717, 1.165) is 43.0 Å². The van der Waals surface area contributed by atoms with Crippen LogP contribution in [-0.4, -0.2) is 42.1 Å². The number of nitrogens with zero attached hydrogens (tertiary/aromatic N) is 2. The van der Waals surface area contributed by atoms with Crippen molar-refractivity contribution < 1.29 is 4.79 Å². The monoisotopic (exact) mass is 302 g/mol. The average molecular weight is 302 g/mol. The summed E-state index contributed by atoms with van der Waals surface area (Å²) in [5.74, 6) is 0. The van der Waals surface area contributed by atoms with Gasteiger partial charge in [-0.3, -0.25) is 5.32 Å². The number of carbonyl (C=O) groups excluding carboxylic acids is 1. The molecule has 1 aromatic carbocycles. The number of aromatic nitrogens is 1. The van der Waals surface area contributed by atoms with Crippen molar-refractivity contribution in [3.8, 4) is 10.4 Å². The molecule has 0 radical (unpaired) electrons. The van der Waals surface area contributed by atoms with E-state index in [1.54, 1.807) is 6.20 Å². The van der Waals surface area contributed by atoms with Gasteiger partial charge in [-0.05, 0) is 18.5 Å². The molecule has 2 heterocycles. The van der Waals surface area contributed by atoms with Crippen LogP contribution < -0.4 is 10.6 Å². The van der Waals surface area contributed by atoms with Gasteiger partial charge in [-0.25, -0.2) is 9.78 Å². The summed E-state index contributed by atoms with van der Waals surface area (Å²) in [5, 5.41) is 6.83. The minimum atomic E-state index is -0.0624.